The van der Waals surface area contributed by atoms with Gasteiger partial charge < -0.3 is 19.8 Å². The fraction of sp³-hybridized carbons (Fsp3) is 0.160. The van der Waals surface area contributed by atoms with Crippen LogP contribution in [0.1, 0.15) is 28.3 Å². The van der Waals surface area contributed by atoms with E-state index >= 15 is 0 Å². The van der Waals surface area contributed by atoms with Crippen molar-refractivity contribution in [1.82, 2.24) is 9.88 Å². The number of aromatic hydroxyl groups is 1. The molecule has 0 spiro atoms. The molecule has 2 aromatic carbocycles. The van der Waals surface area contributed by atoms with Crippen LogP contribution in [0.5, 0.6) is 11.5 Å². The number of Topliss-reactive ketones (excluding diaryl/α,β-unsaturated/α-hetero) is 1. The van der Waals surface area contributed by atoms with Crippen LogP contribution >= 0.6 is 11.6 Å². The third kappa shape index (κ3) is 4.15. The van der Waals surface area contributed by atoms with Gasteiger partial charge in [0.1, 0.15) is 17.3 Å². The Morgan fingerprint density at radius 2 is 1.79 bits per heavy atom. The summed E-state index contributed by atoms with van der Waals surface area (Å²) in [7, 11) is 1.41. The van der Waals surface area contributed by atoms with E-state index in [1.165, 1.54) is 24.1 Å². The zero-order valence-electron chi connectivity index (χ0n) is 17.9. The number of amides is 1. The molecule has 3 aromatic rings. The van der Waals surface area contributed by atoms with Crippen molar-refractivity contribution in [2.75, 3.05) is 7.11 Å². The average Bonchev–Trinajstić information content (AvgIpc) is 3.04. The lowest BCUT2D eigenvalue weighted by Gasteiger charge is -2.25. The highest BCUT2D eigenvalue weighted by Crippen LogP contribution is 2.43. The zero-order chi connectivity index (χ0) is 23.7. The second-order valence-electron chi connectivity index (χ2n) is 7.70. The third-order valence-corrected chi connectivity index (χ3v) is 5.78. The van der Waals surface area contributed by atoms with Gasteiger partial charge in [0.25, 0.3) is 11.7 Å². The molecule has 33 heavy (non-hydrogen) atoms. The first-order chi connectivity index (χ1) is 15.8. The van der Waals surface area contributed by atoms with E-state index in [9.17, 15) is 19.8 Å². The number of halogens is 1. The molecule has 168 valence electrons. The van der Waals surface area contributed by atoms with Gasteiger partial charge in [-0.2, -0.15) is 0 Å². The molecular formula is C25H21ClN2O5. The largest absolute Gasteiger partial charge is 0.508 e. The first kappa shape index (κ1) is 22.4. The Kier molecular flexibility index (Phi) is 6.07. The van der Waals surface area contributed by atoms with Crippen LogP contribution in [0.25, 0.3) is 5.76 Å². The van der Waals surface area contributed by atoms with Crippen molar-refractivity contribution in [2.45, 2.75) is 19.5 Å². The van der Waals surface area contributed by atoms with Gasteiger partial charge in [0, 0.05) is 18.9 Å². The number of methoxy groups -OCH3 is 1. The SMILES string of the molecule is COc1c(Cl)cc(C)cc1/C(O)=C1\C(=O)C(=O)N(Cc2ccncc2)C1c1ccc(O)cc1. The maximum atomic E-state index is 13.2. The van der Waals surface area contributed by atoms with Gasteiger partial charge in [-0.15, -0.1) is 0 Å². The van der Waals surface area contributed by atoms with E-state index in [4.69, 9.17) is 16.3 Å². The molecular weight excluding hydrogens is 444 g/mol. The molecule has 0 aliphatic carbocycles. The molecule has 1 amide bonds. The molecule has 1 aromatic heterocycles. The maximum Gasteiger partial charge on any atom is 0.295 e. The van der Waals surface area contributed by atoms with E-state index < -0.39 is 17.7 Å². The number of hydrogen-bond acceptors (Lipinski definition) is 6. The minimum atomic E-state index is -0.886. The van der Waals surface area contributed by atoms with Crippen molar-refractivity contribution in [3.63, 3.8) is 0 Å². The number of ether oxygens (including phenoxy) is 1. The second-order valence-corrected chi connectivity index (χ2v) is 8.11. The van der Waals surface area contributed by atoms with E-state index in [1.54, 1.807) is 55.7 Å². The number of carbonyl (C=O) groups is 2. The molecule has 0 bridgehead atoms. The van der Waals surface area contributed by atoms with E-state index in [0.717, 1.165) is 11.1 Å². The number of benzene rings is 2. The van der Waals surface area contributed by atoms with Crippen molar-refractivity contribution >= 4 is 29.1 Å². The van der Waals surface area contributed by atoms with Crippen LogP contribution in [0.2, 0.25) is 5.02 Å². The van der Waals surface area contributed by atoms with E-state index in [1.807, 2.05) is 0 Å². The summed E-state index contributed by atoms with van der Waals surface area (Å²) in [5.74, 6) is -1.71. The number of rotatable bonds is 5. The summed E-state index contributed by atoms with van der Waals surface area (Å²) in [6, 6.07) is 12.1. The topological polar surface area (TPSA) is 100.0 Å². The molecule has 1 aliphatic rings. The first-order valence-electron chi connectivity index (χ1n) is 10.1. The highest BCUT2D eigenvalue weighted by molar-refractivity contribution is 6.46. The Hall–Kier alpha value is -3.84. The van der Waals surface area contributed by atoms with Crippen LogP contribution in [0.15, 0.2) is 66.5 Å². The molecule has 0 radical (unpaired) electrons. The number of phenolic OH excluding ortho intramolecular Hbond substituents is 1. The first-order valence-corrected chi connectivity index (χ1v) is 10.5. The van der Waals surface area contributed by atoms with Gasteiger partial charge in [0.05, 0.1) is 29.3 Å². The molecule has 0 saturated carbocycles. The molecule has 1 unspecified atom stereocenters. The van der Waals surface area contributed by atoms with Crippen LogP contribution < -0.4 is 4.74 Å². The molecule has 8 heteroatoms. The number of aryl methyl sites for hydroxylation is 1. The molecule has 2 heterocycles. The molecule has 1 fully saturated rings. The summed E-state index contributed by atoms with van der Waals surface area (Å²) < 4.78 is 5.38. The van der Waals surface area contributed by atoms with Crippen LogP contribution in [0.4, 0.5) is 0 Å². The van der Waals surface area contributed by atoms with Crippen LogP contribution in [-0.2, 0) is 16.1 Å². The molecule has 1 saturated heterocycles. The maximum absolute atomic E-state index is 13.2. The standard InChI is InChI=1S/C25H21ClN2O5/c1-14-11-18(24(33-2)19(26)12-14)22(30)20-21(16-3-5-17(29)6-4-16)28(25(32)23(20)31)13-15-7-9-27-10-8-15/h3-12,21,29-30H,13H2,1-2H3/b22-20+. The van der Waals surface area contributed by atoms with Gasteiger partial charge in [-0.05, 0) is 60.0 Å². The van der Waals surface area contributed by atoms with Crippen molar-refractivity contribution in [3.05, 3.63) is 93.8 Å². The smallest absolute Gasteiger partial charge is 0.295 e. The molecule has 1 atom stereocenters. The van der Waals surface area contributed by atoms with Crippen molar-refractivity contribution in [1.29, 1.82) is 0 Å². The summed E-state index contributed by atoms with van der Waals surface area (Å²) >= 11 is 6.30. The number of ketones is 1. The summed E-state index contributed by atoms with van der Waals surface area (Å²) in [5.41, 5.74) is 2.20. The quantitative estimate of drug-likeness (QED) is 0.330. The Balaban J connectivity index is 1.93. The minimum Gasteiger partial charge on any atom is -0.508 e. The van der Waals surface area contributed by atoms with Crippen LogP contribution in [0.3, 0.4) is 0 Å². The number of carbonyl (C=O) groups excluding carboxylic acids is 2. The number of aliphatic hydroxyl groups is 1. The van der Waals surface area contributed by atoms with E-state index in [2.05, 4.69) is 4.98 Å². The number of hydrogen-bond donors (Lipinski definition) is 2. The van der Waals surface area contributed by atoms with Gasteiger partial charge in [-0.25, -0.2) is 0 Å². The van der Waals surface area contributed by atoms with E-state index in [0.29, 0.717) is 5.56 Å². The van der Waals surface area contributed by atoms with Gasteiger partial charge in [-0.3, -0.25) is 14.6 Å². The number of aliphatic hydroxyl groups excluding tert-OH is 1. The summed E-state index contributed by atoms with van der Waals surface area (Å²) in [5, 5.41) is 21.3. The van der Waals surface area contributed by atoms with Gasteiger partial charge in [0.15, 0.2) is 0 Å². The van der Waals surface area contributed by atoms with Crippen LogP contribution in [-0.4, -0.2) is 38.9 Å². The number of nitrogens with zero attached hydrogens (tertiary/aromatic N) is 2. The highest BCUT2D eigenvalue weighted by Gasteiger charge is 2.46. The fourth-order valence-electron chi connectivity index (χ4n) is 3.99. The lowest BCUT2D eigenvalue weighted by Crippen LogP contribution is -2.29. The number of likely N-dealkylation sites (tertiary alicyclic amines) is 1. The number of phenols is 1. The van der Waals surface area contributed by atoms with Crippen LogP contribution in [0, 0.1) is 6.92 Å². The number of pyridine rings is 1. The minimum absolute atomic E-state index is 0.0389. The lowest BCUT2D eigenvalue weighted by molar-refractivity contribution is -0.140. The fourth-order valence-corrected chi connectivity index (χ4v) is 4.34. The Morgan fingerprint density at radius 1 is 1.12 bits per heavy atom. The van der Waals surface area contributed by atoms with Crippen molar-refractivity contribution < 1.29 is 24.5 Å². The third-order valence-electron chi connectivity index (χ3n) is 5.50. The molecule has 7 nitrogen and oxygen atoms in total. The Morgan fingerprint density at radius 3 is 2.42 bits per heavy atom. The zero-order valence-corrected chi connectivity index (χ0v) is 18.7. The molecule has 1 aliphatic heterocycles. The highest BCUT2D eigenvalue weighted by atomic mass is 35.5. The normalized spacial score (nSPS) is 17.4. The predicted octanol–water partition coefficient (Wildman–Crippen LogP) is 4.38. The van der Waals surface area contributed by atoms with Gasteiger partial charge in [-0.1, -0.05) is 23.7 Å². The lowest BCUT2D eigenvalue weighted by atomic mass is 9.94. The Bertz CT molecular complexity index is 1260. The van der Waals surface area contributed by atoms with Crippen molar-refractivity contribution in [2.24, 2.45) is 0 Å². The average molecular weight is 465 g/mol. The summed E-state index contributed by atoms with van der Waals surface area (Å²) in [6.07, 6.45) is 3.20. The second kappa shape index (κ2) is 8.96. The predicted molar refractivity (Wildman–Crippen MR) is 123 cm³/mol. The van der Waals surface area contributed by atoms with Gasteiger partial charge >= 0.3 is 0 Å². The summed E-state index contributed by atoms with van der Waals surface area (Å²) in [6.45, 7) is 1.92. The molecule has 2 N–H and O–H groups in total. The monoisotopic (exact) mass is 464 g/mol. The van der Waals surface area contributed by atoms with Crippen molar-refractivity contribution in [3.8, 4) is 11.5 Å². The number of aromatic nitrogens is 1. The summed E-state index contributed by atoms with van der Waals surface area (Å²) in [4.78, 5) is 31.7. The van der Waals surface area contributed by atoms with E-state index in [-0.39, 0.29) is 40.0 Å². The van der Waals surface area contributed by atoms with Gasteiger partial charge in [0.2, 0.25) is 0 Å². The Labute approximate surface area is 195 Å². The molecule has 4 rings (SSSR count).